The molecule has 138 valence electrons. The van der Waals surface area contributed by atoms with Gasteiger partial charge in [-0.15, -0.1) is 11.3 Å². The first-order valence-electron chi connectivity index (χ1n) is 8.27. The molecule has 6 nitrogen and oxygen atoms in total. The minimum absolute atomic E-state index is 0.0858. The van der Waals surface area contributed by atoms with E-state index in [-0.39, 0.29) is 5.57 Å². The second kappa shape index (κ2) is 8.75. The Morgan fingerprint density at radius 2 is 2.04 bits per heavy atom. The van der Waals surface area contributed by atoms with Crippen LogP contribution in [0, 0.1) is 18.3 Å². The van der Waals surface area contributed by atoms with Gasteiger partial charge in [-0.25, -0.2) is 9.78 Å². The van der Waals surface area contributed by atoms with E-state index >= 15 is 0 Å². The zero-order valence-electron chi connectivity index (χ0n) is 14.9. The van der Waals surface area contributed by atoms with Crippen LogP contribution >= 0.6 is 11.3 Å². The first kappa shape index (κ1) is 19.0. The molecule has 3 aromatic rings. The van der Waals surface area contributed by atoms with E-state index in [0.717, 1.165) is 5.56 Å². The second-order valence-electron chi connectivity index (χ2n) is 5.79. The standard InChI is InChI=1S/C21H15N3O3S/c1-14-4-2-6-16(10-14)20(26)27-18-7-3-5-15(12-18)11-17(13-22)19(25)24-21-23-8-9-28-21/h2-12H,1H3,(H,23,24,25). The van der Waals surface area contributed by atoms with Crippen LogP contribution in [0.4, 0.5) is 5.13 Å². The lowest BCUT2D eigenvalue weighted by molar-refractivity contribution is -0.112. The Kier molecular flexibility index (Phi) is 5.94. The molecule has 3 rings (SSSR count). The average Bonchev–Trinajstić information content (AvgIpc) is 3.19. The Hall–Kier alpha value is -3.76. The molecule has 1 amide bonds. The summed E-state index contributed by atoms with van der Waals surface area (Å²) in [6.07, 6.45) is 2.98. The molecule has 0 fully saturated rings. The van der Waals surface area contributed by atoms with Crippen LogP contribution < -0.4 is 10.1 Å². The molecule has 0 saturated heterocycles. The van der Waals surface area contributed by atoms with Gasteiger partial charge in [-0.05, 0) is 42.8 Å². The van der Waals surface area contributed by atoms with Gasteiger partial charge in [0.05, 0.1) is 5.56 Å². The van der Waals surface area contributed by atoms with Gasteiger partial charge in [0.2, 0.25) is 0 Å². The van der Waals surface area contributed by atoms with Crippen molar-refractivity contribution in [3.05, 3.63) is 82.4 Å². The van der Waals surface area contributed by atoms with Gasteiger partial charge < -0.3 is 4.74 Å². The third kappa shape index (κ3) is 4.90. The summed E-state index contributed by atoms with van der Waals surface area (Å²) in [5, 5.41) is 14.0. The number of hydrogen-bond donors (Lipinski definition) is 1. The van der Waals surface area contributed by atoms with Crippen LogP contribution in [0.1, 0.15) is 21.5 Å². The van der Waals surface area contributed by atoms with Crippen molar-refractivity contribution in [2.24, 2.45) is 0 Å². The van der Waals surface area contributed by atoms with E-state index in [0.29, 0.717) is 22.0 Å². The van der Waals surface area contributed by atoms with Gasteiger partial charge in [-0.1, -0.05) is 29.8 Å². The maximum Gasteiger partial charge on any atom is 0.343 e. The Bertz CT molecular complexity index is 1080. The lowest BCUT2D eigenvalue weighted by Crippen LogP contribution is -2.13. The number of hydrogen-bond acceptors (Lipinski definition) is 6. The zero-order chi connectivity index (χ0) is 19.9. The number of thiazole rings is 1. The van der Waals surface area contributed by atoms with Crippen LogP contribution in [-0.2, 0) is 4.79 Å². The first-order chi connectivity index (χ1) is 13.5. The summed E-state index contributed by atoms with van der Waals surface area (Å²) in [7, 11) is 0. The van der Waals surface area contributed by atoms with Gasteiger partial charge in [-0.3, -0.25) is 10.1 Å². The third-order valence-corrected chi connectivity index (χ3v) is 4.34. The van der Waals surface area contributed by atoms with E-state index in [1.54, 1.807) is 54.0 Å². The Morgan fingerprint density at radius 3 is 2.75 bits per heavy atom. The number of aromatic nitrogens is 1. The lowest BCUT2D eigenvalue weighted by atomic mass is 10.1. The SMILES string of the molecule is Cc1cccc(C(=O)Oc2cccc(C=C(C#N)C(=O)Nc3nccs3)c2)c1. The number of nitrogens with zero attached hydrogens (tertiary/aromatic N) is 2. The molecule has 0 aliphatic heterocycles. The number of nitrogens with one attached hydrogen (secondary N) is 1. The molecular weight excluding hydrogens is 374 g/mol. The summed E-state index contributed by atoms with van der Waals surface area (Å²) in [6, 6.07) is 15.6. The maximum atomic E-state index is 12.3. The highest BCUT2D eigenvalue weighted by Gasteiger charge is 2.12. The molecule has 28 heavy (non-hydrogen) atoms. The molecule has 0 saturated carbocycles. The third-order valence-electron chi connectivity index (χ3n) is 3.65. The van der Waals surface area contributed by atoms with Gasteiger partial charge in [0.1, 0.15) is 17.4 Å². The molecule has 2 aromatic carbocycles. The van der Waals surface area contributed by atoms with E-state index in [4.69, 9.17) is 4.74 Å². The highest BCUT2D eigenvalue weighted by molar-refractivity contribution is 7.13. The fourth-order valence-corrected chi connectivity index (χ4v) is 2.89. The van der Waals surface area contributed by atoms with Gasteiger partial charge in [0, 0.05) is 11.6 Å². The van der Waals surface area contributed by atoms with Gasteiger partial charge >= 0.3 is 5.97 Å². The number of carbonyl (C=O) groups excluding carboxylic acids is 2. The van der Waals surface area contributed by atoms with Crippen LogP contribution in [0.2, 0.25) is 0 Å². The van der Waals surface area contributed by atoms with Gasteiger partial charge in [-0.2, -0.15) is 5.26 Å². The van der Waals surface area contributed by atoms with Crippen LogP contribution in [0.3, 0.4) is 0 Å². The topological polar surface area (TPSA) is 92.1 Å². The Labute approximate surface area is 165 Å². The van der Waals surface area contributed by atoms with Crippen molar-refractivity contribution in [2.45, 2.75) is 6.92 Å². The molecule has 0 radical (unpaired) electrons. The van der Waals surface area contributed by atoms with Gasteiger partial charge in [0.25, 0.3) is 5.91 Å². The molecule has 0 bridgehead atoms. The number of amides is 1. The van der Waals surface area contributed by atoms with Crippen molar-refractivity contribution >= 4 is 34.4 Å². The van der Waals surface area contributed by atoms with Crippen LogP contribution in [0.15, 0.2) is 65.7 Å². The highest BCUT2D eigenvalue weighted by atomic mass is 32.1. The zero-order valence-corrected chi connectivity index (χ0v) is 15.7. The van der Waals surface area contributed by atoms with Crippen molar-refractivity contribution in [3.8, 4) is 11.8 Å². The van der Waals surface area contributed by atoms with Crippen molar-refractivity contribution in [1.29, 1.82) is 5.26 Å². The number of ether oxygens (including phenoxy) is 1. The van der Waals surface area contributed by atoms with E-state index in [1.807, 2.05) is 19.1 Å². The number of nitriles is 1. The molecule has 0 spiro atoms. The largest absolute Gasteiger partial charge is 0.423 e. The molecule has 0 atom stereocenters. The highest BCUT2D eigenvalue weighted by Crippen LogP contribution is 2.19. The van der Waals surface area contributed by atoms with E-state index in [1.165, 1.54) is 17.4 Å². The summed E-state index contributed by atoms with van der Waals surface area (Å²) in [6.45, 7) is 1.89. The van der Waals surface area contributed by atoms with Crippen molar-refractivity contribution < 1.29 is 14.3 Å². The molecule has 1 N–H and O–H groups in total. The fourth-order valence-electron chi connectivity index (χ4n) is 2.37. The number of anilines is 1. The van der Waals surface area contributed by atoms with Crippen molar-refractivity contribution in [1.82, 2.24) is 4.98 Å². The van der Waals surface area contributed by atoms with Crippen LogP contribution in [0.5, 0.6) is 5.75 Å². The summed E-state index contributed by atoms with van der Waals surface area (Å²) in [5.41, 5.74) is 1.87. The summed E-state index contributed by atoms with van der Waals surface area (Å²) in [5.74, 6) is -0.718. The fraction of sp³-hybridized carbons (Fsp3) is 0.0476. The predicted molar refractivity (Wildman–Crippen MR) is 107 cm³/mol. The molecule has 0 aliphatic rings. The summed E-state index contributed by atoms with van der Waals surface area (Å²) in [4.78, 5) is 28.4. The second-order valence-corrected chi connectivity index (χ2v) is 6.69. The number of carbonyl (C=O) groups is 2. The number of esters is 1. The summed E-state index contributed by atoms with van der Waals surface area (Å²) >= 11 is 1.26. The van der Waals surface area contributed by atoms with Crippen molar-refractivity contribution in [3.63, 3.8) is 0 Å². The Balaban J connectivity index is 1.76. The monoisotopic (exact) mass is 389 g/mol. The average molecular weight is 389 g/mol. The summed E-state index contributed by atoms with van der Waals surface area (Å²) < 4.78 is 5.40. The first-order valence-corrected chi connectivity index (χ1v) is 9.14. The van der Waals surface area contributed by atoms with E-state index < -0.39 is 11.9 Å². The van der Waals surface area contributed by atoms with E-state index in [2.05, 4.69) is 10.3 Å². The quantitative estimate of drug-likeness (QED) is 0.305. The Morgan fingerprint density at radius 1 is 1.21 bits per heavy atom. The van der Waals surface area contributed by atoms with Crippen LogP contribution in [-0.4, -0.2) is 16.9 Å². The molecule has 1 aromatic heterocycles. The number of aryl methyl sites for hydroxylation is 1. The lowest BCUT2D eigenvalue weighted by Gasteiger charge is -2.06. The molecule has 7 heteroatoms. The number of rotatable bonds is 5. The number of benzene rings is 2. The van der Waals surface area contributed by atoms with E-state index in [9.17, 15) is 14.9 Å². The van der Waals surface area contributed by atoms with Gasteiger partial charge in [0.15, 0.2) is 5.13 Å². The molecular formula is C21H15N3O3S. The predicted octanol–water partition coefficient (Wildman–Crippen LogP) is 4.22. The molecule has 0 aliphatic carbocycles. The smallest absolute Gasteiger partial charge is 0.343 e. The molecule has 0 unspecified atom stereocenters. The van der Waals surface area contributed by atoms with Crippen molar-refractivity contribution in [2.75, 3.05) is 5.32 Å². The normalized spacial score (nSPS) is 10.8. The minimum Gasteiger partial charge on any atom is -0.423 e. The van der Waals surface area contributed by atoms with Crippen LogP contribution in [0.25, 0.3) is 6.08 Å². The minimum atomic E-state index is -0.556. The maximum absolute atomic E-state index is 12.3. The molecule has 1 heterocycles.